The number of nitrogens with zero attached hydrogens (tertiary/aromatic N) is 1. The number of nitroso groups, excluding NO2 is 1. The van der Waals surface area contributed by atoms with E-state index in [1.165, 1.54) is 0 Å². The van der Waals surface area contributed by atoms with Crippen molar-refractivity contribution in [3.8, 4) is 0 Å². The Morgan fingerprint density at radius 1 is 1.80 bits per heavy atom. The van der Waals surface area contributed by atoms with Gasteiger partial charge in [-0.15, -0.1) is 4.91 Å². The van der Waals surface area contributed by atoms with Crippen LogP contribution in [0.3, 0.4) is 0 Å². The molecule has 0 bridgehead atoms. The Morgan fingerprint density at radius 3 is 2.70 bits per heavy atom. The number of ether oxygens (including phenoxy) is 1. The molecule has 0 rings (SSSR count). The van der Waals surface area contributed by atoms with E-state index in [1.807, 2.05) is 0 Å². The molecular weight excluding hydrogens is 136 g/mol. The van der Waals surface area contributed by atoms with E-state index >= 15 is 0 Å². The first-order valence-electron chi connectivity index (χ1n) is 2.56. The van der Waals surface area contributed by atoms with Gasteiger partial charge in [0.1, 0.15) is 0 Å². The average molecular weight is 142 g/mol. The Morgan fingerprint density at radius 2 is 2.40 bits per heavy atom. The minimum absolute atomic E-state index is 0.152. The van der Waals surface area contributed by atoms with Gasteiger partial charge in [-0.1, -0.05) is 0 Å². The van der Waals surface area contributed by atoms with Gasteiger partial charge in [0, 0.05) is 5.87 Å². The first-order chi connectivity index (χ1) is 4.76. The first-order valence-corrected chi connectivity index (χ1v) is 2.56. The highest BCUT2D eigenvalue weighted by Gasteiger charge is 2.09. The van der Waals surface area contributed by atoms with Gasteiger partial charge >= 0.3 is 5.97 Å². The molecule has 1 N–H and O–H groups in total. The summed E-state index contributed by atoms with van der Waals surface area (Å²) in [6.45, 7) is 1.74. The lowest BCUT2D eigenvalue weighted by atomic mass is 10.5. The first kappa shape index (κ1) is 8.52. The van der Waals surface area contributed by atoms with Crippen molar-refractivity contribution >= 4 is 11.8 Å². The lowest BCUT2D eigenvalue weighted by Gasteiger charge is -1.94. The molecule has 0 saturated carbocycles. The van der Waals surface area contributed by atoms with E-state index in [-0.39, 0.29) is 6.61 Å². The molecule has 5 nitrogen and oxygen atoms in total. The van der Waals surface area contributed by atoms with E-state index in [4.69, 9.17) is 5.41 Å². The lowest BCUT2D eigenvalue weighted by molar-refractivity contribution is -0.138. The smallest absolute Gasteiger partial charge is 0.370 e. The third-order valence-electron chi connectivity index (χ3n) is 0.678. The van der Waals surface area contributed by atoms with Gasteiger partial charge in [0.2, 0.25) is 0 Å². The van der Waals surface area contributed by atoms with Crippen LogP contribution < -0.4 is 0 Å². The third-order valence-corrected chi connectivity index (χ3v) is 0.678. The van der Waals surface area contributed by atoms with Gasteiger partial charge in [0.15, 0.2) is 0 Å². The van der Waals surface area contributed by atoms with Crippen LogP contribution in [0.15, 0.2) is 10.9 Å². The molecule has 0 unspecified atom stereocenters. The maximum absolute atomic E-state index is 10.5. The molecule has 0 aromatic heterocycles. The van der Waals surface area contributed by atoms with Crippen molar-refractivity contribution in [3.05, 3.63) is 10.6 Å². The molecule has 0 aliphatic heterocycles. The molecular formula is C5H6N2O3. The zero-order chi connectivity index (χ0) is 7.98. The van der Waals surface area contributed by atoms with Gasteiger partial charge in [-0.2, -0.15) is 0 Å². The Hall–Kier alpha value is -1.48. The summed E-state index contributed by atoms with van der Waals surface area (Å²) in [4.78, 5) is 20.2. The van der Waals surface area contributed by atoms with Gasteiger partial charge < -0.3 is 4.74 Å². The minimum atomic E-state index is -0.910. The lowest BCUT2D eigenvalue weighted by Crippen LogP contribution is -2.05. The number of carbonyl (C=O) groups is 1. The predicted molar refractivity (Wildman–Crippen MR) is 33.7 cm³/mol. The molecule has 0 heterocycles. The molecule has 0 aliphatic carbocycles. The van der Waals surface area contributed by atoms with Crippen LogP contribution in [0.1, 0.15) is 6.92 Å². The summed E-state index contributed by atoms with van der Waals surface area (Å²) in [6, 6.07) is 0. The van der Waals surface area contributed by atoms with E-state index in [0.29, 0.717) is 0 Å². The summed E-state index contributed by atoms with van der Waals surface area (Å²) < 4.78 is 4.33. The normalized spacial score (nSPS) is 7.70. The largest absolute Gasteiger partial charge is 0.461 e. The van der Waals surface area contributed by atoms with Crippen LogP contribution in [-0.4, -0.2) is 18.4 Å². The van der Waals surface area contributed by atoms with Crippen molar-refractivity contribution in [2.24, 2.45) is 5.18 Å². The van der Waals surface area contributed by atoms with Crippen LogP contribution in [0.2, 0.25) is 0 Å². The van der Waals surface area contributed by atoms with Crippen molar-refractivity contribution in [3.63, 3.8) is 0 Å². The van der Waals surface area contributed by atoms with Crippen molar-refractivity contribution in [2.75, 3.05) is 6.61 Å². The summed E-state index contributed by atoms with van der Waals surface area (Å²) in [7, 11) is 0. The SMILES string of the molecule is CCOC(=O)C(=C=N)N=O. The molecule has 54 valence electrons. The Bertz CT molecular complexity index is 193. The summed E-state index contributed by atoms with van der Waals surface area (Å²) in [5.74, 6) is 0.640. The van der Waals surface area contributed by atoms with E-state index in [0.717, 1.165) is 0 Å². The second kappa shape index (κ2) is 4.40. The van der Waals surface area contributed by atoms with Crippen LogP contribution in [0.5, 0.6) is 0 Å². The second-order valence-corrected chi connectivity index (χ2v) is 1.29. The summed E-state index contributed by atoms with van der Waals surface area (Å²) in [5.41, 5.74) is -0.637. The van der Waals surface area contributed by atoms with Crippen molar-refractivity contribution in [1.29, 1.82) is 5.41 Å². The number of carbonyl (C=O) groups excluding carboxylic acids is 1. The van der Waals surface area contributed by atoms with E-state index < -0.39 is 11.7 Å². The van der Waals surface area contributed by atoms with Crippen molar-refractivity contribution in [2.45, 2.75) is 6.92 Å². The summed E-state index contributed by atoms with van der Waals surface area (Å²) in [6.07, 6.45) is 0. The zero-order valence-corrected chi connectivity index (χ0v) is 5.38. The minimum Gasteiger partial charge on any atom is -0.461 e. The van der Waals surface area contributed by atoms with Gasteiger partial charge in [-0.25, -0.2) is 4.79 Å². The van der Waals surface area contributed by atoms with Gasteiger partial charge in [-0.05, 0) is 12.1 Å². The number of esters is 1. The van der Waals surface area contributed by atoms with Crippen LogP contribution in [0.4, 0.5) is 0 Å². The molecule has 0 radical (unpaired) electrons. The number of nitrogens with one attached hydrogen (secondary N) is 1. The van der Waals surface area contributed by atoms with Crippen molar-refractivity contribution < 1.29 is 9.53 Å². The summed E-state index contributed by atoms with van der Waals surface area (Å²) in [5, 5.41) is 8.61. The molecule has 0 atom stereocenters. The summed E-state index contributed by atoms with van der Waals surface area (Å²) >= 11 is 0. The molecule has 0 fully saturated rings. The number of hydrogen-bond acceptors (Lipinski definition) is 5. The Balaban J connectivity index is 4.18. The molecule has 0 saturated heterocycles. The number of hydrogen-bond donors (Lipinski definition) is 1. The van der Waals surface area contributed by atoms with Crippen LogP contribution in [-0.2, 0) is 9.53 Å². The molecule has 0 amide bonds. The zero-order valence-electron chi connectivity index (χ0n) is 5.38. The van der Waals surface area contributed by atoms with E-state index in [1.54, 1.807) is 12.8 Å². The quantitative estimate of drug-likeness (QED) is 0.269. The monoisotopic (exact) mass is 142 g/mol. The van der Waals surface area contributed by atoms with Gasteiger partial charge in [0.25, 0.3) is 5.70 Å². The van der Waals surface area contributed by atoms with E-state index in [9.17, 15) is 9.70 Å². The molecule has 10 heavy (non-hydrogen) atoms. The second-order valence-electron chi connectivity index (χ2n) is 1.29. The molecule has 0 aromatic carbocycles. The standard InChI is InChI=1S/C5H6N2O3/c1-2-10-5(8)4(3-6)7-9/h6H,2H2,1H3. The van der Waals surface area contributed by atoms with Gasteiger partial charge in [0.05, 0.1) is 6.61 Å². The van der Waals surface area contributed by atoms with Crippen LogP contribution in [0, 0.1) is 10.3 Å². The highest BCUT2D eigenvalue weighted by Crippen LogP contribution is 1.92. The number of rotatable bonds is 3. The van der Waals surface area contributed by atoms with E-state index in [2.05, 4.69) is 9.91 Å². The highest BCUT2D eigenvalue weighted by molar-refractivity contribution is 5.96. The molecule has 0 spiro atoms. The van der Waals surface area contributed by atoms with Crippen molar-refractivity contribution in [1.82, 2.24) is 0 Å². The Labute approximate surface area is 57.2 Å². The van der Waals surface area contributed by atoms with Gasteiger partial charge in [-0.3, -0.25) is 5.41 Å². The van der Waals surface area contributed by atoms with Crippen LogP contribution in [0.25, 0.3) is 0 Å². The molecule has 0 aliphatic rings. The third kappa shape index (κ3) is 2.19. The maximum atomic E-state index is 10.5. The topological polar surface area (TPSA) is 79.6 Å². The fourth-order valence-corrected chi connectivity index (χ4v) is 0.311. The molecule has 0 aromatic rings. The highest BCUT2D eigenvalue weighted by atomic mass is 16.5. The Kier molecular flexibility index (Phi) is 3.75. The predicted octanol–water partition coefficient (Wildman–Crippen LogP) is 0.448. The fourth-order valence-electron chi connectivity index (χ4n) is 0.311. The fraction of sp³-hybridized carbons (Fsp3) is 0.400. The average Bonchev–Trinajstić information content (AvgIpc) is 1.91. The van der Waals surface area contributed by atoms with Crippen LogP contribution >= 0.6 is 0 Å². The maximum Gasteiger partial charge on any atom is 0.370 e. The molecule has 5 heteroatoms.